The Hall–Kier alpha value is -1.82. The molecule has 3 heteroatoms. The Bertz CT molecular complexity index is 401. The third-order valence-electron chi connectivity index (χ3n) is 2.46. The number of carbonyl (C=O) groups is 1. The molecule has 0 bridgehead atoms. The maximum Gasteiger partial charge on any atom is 0.219 e. The van der Waals surface area contributed by atoms with Gasteiger partial charge in [0.2, 0.25) is 5.91 Å². The summed E-state index contributed by atoms with van der Waals surface area (Å²) in [7, 11) is 0. The van der Waals surface area contributed by atoms with E-state index < -0.39 is 0 Å². The smallest absolute Gasteiger partial charge is 0.219 e. The number of benzene rings is 1. The average molecular weight is 216 g/mol. The van der Waals surface area contributed by atoms with Crippen molar-refractivity contribution in [3.05, 3.63) is 35.4 Å². The van der Waals surface area contributed by atoms with Crippen molar-refractivity contribution in [1.29, 1.82) is 5.26 Å². The summed E-state index contributed by atoms with van der Waals surface area (Å²) in [5.41, 5.74) is 1.69. The Labute approximate surface area is 96.3 Å². The van der Waals surface area contributed by atoms with Gasteiger partial charge in [0.05, 0.1) is 11.6 Å². The fourth-order valence-electron chi connectivity index (χ4n) is 1.54. The summed E-state index contributed by atoms with van der Waals surface area (Å²) in [5.74, 6) is 0.0689. The first-order valence-electron chi connectivity index (χ1n) is 5.31. The van der Waals surface area contributed by atoms with Crippen LogP contribution >= 0.6 is 0 Å². The molecule has 16 heavy (non-hydrogen) atoms. The lowest BCUT2D eigenvalue weighted by molar-refractivity contribution is -0.131. The van der Waals surface area contributed by atoms with E-state index in [0.29, 0.717) is 12.1 Å². The zero-order valence-electron chi connectivity index (χ0n) is 9.90. The van der Waals surface area contributed by atoms with E-state index in [9.17, 15) is 4.79 Å². The molecule has 1 aromatic rings. The second-order valence-corrected chi connectivity index (χ2v) is 4.05. The molecule has 0 N–H and O–H groups in total. The van der Waals surface area contributed by atoms with Gasteiger partial charge in [0.1, 0.15) is 0 Å². The topological polar surface area (TPSA) is 44.1 Å². The van der Waals surface area contributed by atoms with Gasteiger partial charge in [0.15, 0.2) is 0 Å². The summed E-state index contributed by atoms with van der Waals surface area (Å²) in [6.45, 7) is 6.15. The standard InChI is InChI=1S/C13H16N2O/c1-10(2)15(11(3)16)9-13-6-4-12(8-14)5-7-13/h4-7,10H,9H2,1-3H3. The third kappa shape index (κ3) is 3.09. The molecular weight excluding hydrogens is 200 g/mol. The highest BCUT2D eigenvalue weighted by Crippen LogP contribution is 2.09. The predicted molar refractivity (Wildman–Crippen MR) is 62.5 cm³/mol. The van der Waals surface area contributed by atoms with Gasteiger partial charge in [-0.1, -0.05) is 12.1 Å². The number of rotatable bonds is 3. The highest BCUT2D eigenvalue weighted by Gasteiger charge is 2.12. The van der Waals surface area contributed by atoms with E-state index in [1.807, 2.05) is 26.0 Å². The van der Waals surface area contributed by atoms with Crippen LogP contribution in [0.3, 0.4) is 0 Å². The zero-order valence-corrected chi connectivity index (χ0v) is 9.90. The van der Waals surface area contributed by atoms with Gasteiger partial charge in [-0.25, -0.2) is 0 Å². The lowest BCUT2D eigenvalue weighted by atomic mass is 10.1. The molecular formula is C13H16N2O. The van der Waals surface area contributed by atoms with Gasteiger partial charge in [-0.15, -0.1) is 0 Å². The van der Waals surface area contributed by atoms with Gasteiger partial charge >= 0.3 is 0 Å². The van der Waals surface area contributed by atoms with Crippen LogP contribution in [-0.2, 0) is 11.3 Å². The molecule has 0 aliphatic carbocycles. The first-order valence-corrected chi connectivity index (χ1v) is 5.31. The summed E-state index contributed by atoms with van der Waals surface area (Å²) in [5, 5.41) is 8.67. The fraction of sp³-hybridized carbons (Fsp3) is 0.385. The molecule has 0 unspecified atom stereocenters. The van der Waals surface area contributed by atoms with Gasteiger partial charge in [-0.2, -0.15) is 5.26 Å². The highest BCUT2D eigenvalue weighted by molar-refractivity contribution is 5.73. The van der Waals surface area contributed by atoms with E-state index in [2.05, 4.69) is 6.07 Å². The molecule has 0 heterocycles. The average Bonchev–Trinajstić information content (AvgIpc) is 2.25. The Kier molecular flexibility index (Phi) is 4.07. The summed E-state index contributed by atoms with van der Waals surface area (Å²) < 4.78 is 0. The predicted octanol–water partition coefficient (Wildman–Crippen LogP) is 2.32. The number of hydrogen-bond acceptors (Lipinski definition) is 2. The summed E-state index contributed by atoms with van der Waals surface area (Å²) in [6.07, 6.45) is 0. The molecule has 0 saturated heterocycles. The van der Waals surface area contributed by atoms with Gasteiger partial charge in [0.25, 0.3) is 0 Å². The van der Waals surface area contributed by atoms with E-state index in [-0.39, 0.29) is 11.9 Å². The minimum atomic E-state index is 0.0689. The van der Waals surface area contributed by atoms with Crippen LogP contribution in [0.25, 0.3) is 0 Å². The van der Waals surface area contributed by atoms with Gasteiger partial charge in [-0.3, -0.25) is 4.79 Å². The zero-order chi connectivity index (χ0) is 12.1. The van der Waals surface area contributed by atoms with Crippen molar-refractivity contribution in [1.82, 2.24) is 4.90 Å². The van der Waals surface area contributed by atoms with E-state index >= 15 is 0 Å². The number of nitrogens with zero attached hydrogens (tertiary/aromatic N) is 2. The number of carbonyl (C=O) groups excluding carboxylic acids is 1. The molecule has 0 saturated carbocycles. The lowest BCUT2D eigenvalue weighted by Gasteiger charge is -2.25. The second kappa shape index (κ2) is 5.32. The Balaban J connectivity index is 2.78. The highest BCUT2D eigenvalue weighted by atomic mass is 16.2. The van der Waals surface area contributed by atoms with E-state index in [1.54, 1.807) is 24.0 Å². The molecule has 0 radical (unpaired) electrons. The van der Waals surface area contributed by atoms with Crippen LogP contribution in [0.5, 0.6) is 0 Å². The largest absolute Gasteiger partial charge is 0.336 e. The summed E-state index contributed by atoms with van der Waals surface area (Å²) in [4.78, 5) is 13.2. The molecule has 1 amide bonds. The van der Waals surface area contributed by atoms with Gasteiger partial charge in [0, 0.05) is 19.5 Å². The van der Waals surface area contributed by atoms with E-state index in [1.165, 1.54) is 0 Å². The Morgan fingerprint density at radius 3 is 2.31 bits per heavy atom. The quantitative estimate of drug-likeness (QED) is 0.778. The third-order valence-corrected chi connectivity index (χ3v) is 2.46. The van der Waals surface area contributed by atoms with Crippen molar-refractivity contribution in [3.63, 3.8) is 0 Å². The van der Waals surface area contributed by atoms with Crippen LogP contribution in [-0.4, -0.2) is 16.8 Å². The van der Waals surface area contributed by atoms with Crippen molar-refractivity contribution >= 4 is 5.91 Å². The number of nitriles is 1. The SMILES string of the molecule is CC(=O)N(Cc1ccc(C#N)cc1)C(C)C. The second-order valence-electron chi connectivity index (χ2n) is 4.05. The maximum atomic E-state index is 11.4. The fourth-order valence-corrected chi connectivity index (χ4v) is 1.54. The maximum absolute atomic E-state index is 11.4. The molecule has 0 atom stereocenters. The molecule has 84 valence electrons. The molecule has 0 aliphatic heterocycles. The van der Waals surface area contributed by atoms with Crippen LogP contribution in [0, 0.1) is 11.3 Å². The minimum Gasteiger partial charge on any atom is -0.336 e. The Morgan fingerprint density at radius 1 is 1.38 bits per heavy atom. The molecule has 1 rings (SSSR count). The van der Waals surface area contributed by atoms with Crippen LogP contribution in [0.2, 0.25) is 0 Å². The first-order chi connectivity index (χ1) is 7.54. The minimum absolute atomic E-state index is 0.0689. The lowest BCUT2D eigenvalue weighted by Crippen LogP contribution is -2.34. The summed E-state index contributed by atoms with van der Waals surface area (Å²) in [6, 6.07) is 9.58. The van der Waals surface area contributed by atoms with E-state index in [4.69, 9.17) is 5.26 Å². The van der Waals surface area contributed by atoms with Crippen LogP contribution in [0.1, 0.15) is 31.9 Å². The monoisotopic (exact) mass is 216 g/mol. The van der Waals surface area contributed by atoms with E-state index in [0.717, 1.165) is 5.56 Å². The van der Waals surface area contributed by atoms with Crippen molar-refractivity contribution in [2.75, 3.05) is 0 Å². The molecule has 3 nitrogen and oxygen atoms in total. The van der Waals surface area contributed by atoms with Crippen molar-refractivity contribution in [3.8, 4) is 6.07 Å². The Morgan fingerprint density at radius 2 is 1.94 bits per heavy atom. The molecule has 0 aromatic heterocycles. The van der Waals surface area contributed by atoms with Crippen LogP contribution < -0.4 is 0 Å². The van der Waals surface area contributed by atoms with Gasteiger partial charge in [-0.05, 0) is 31.5 Å². The first kappa shape index (κ1) is 12.3. The van der Waals surface area contributed by atoms with Crippen molar-refractivity contribution in [2.24, 2.45) is 0 Å². The molecule has 1 aromatic carbocycles. The van der Waals surface area contributed by atoms with Gasteiger partial charge < -0.3 is 4.90 Å². The molecule has 0 spiro atoms. The van der Waals surface area contributed by atoms with Crippen LogP contribution in [0.15, 0.2) is 24.3 Å². The van der Waals surface area contributed by atoms with Crippen LogP contribution in [0.4, 0.5) is 0 Å². The number of amides is 1. The normalized spacial score (nSPS) is 9.94. The molecule has 0 fully saturated rings. The molecule has 0 aliphatic rings. The number of hydrogen-bond donors (Lipinski definition) is 0. The van der Waals surface area contributed by atoms with Crippen molar-refractivity contribution < 1.29 is 4.79 Å². The van der Waals surface area contributed by atoms with Crippen molar-refractivity contribution in [2.45, 2.75) is 33.4 Å². The summed E-state index contributed by atoms with van der Waals surface area (Å²) >= 11 is 0.